The Bertz CT molecular complexity index is 493. The van der Waals surface area contributed by atoms with Gasteiger partial charge in [0.15, 0.2) is 0 Å². The van der Waals surface area contributed by atoms with Gasteiger partial charge < -0.3 is 11.1 Å². The molecule has 116 valence electrons. The number of hydrogen-bond acceptors (Lipinski definition) is 3. The van der Waals surface area contributed by atoms with E-state index >= 15 is 0 Å². The summed E-state index contributed by atoms with van der Waals surface area (Å²) in [5, 5.41) is 3.07. The number of rotatable bonds is 5. The lowest BCUT2D eigenvalue weighted by atomic mass is 10.0. The second kappa shape index (κ2) is 6.94. The fraction of sp³-hybridized carbons (Fsp3) is 0.588. The third kappa shape index (κ3) is 3.97. The van der Waals surface area contributed by atoms with Crippen LogP contribution in [0.4, 0.5) is 5.69 Å². The number of aryl methyl sites for hydroxylation is 1. The lowest BCUT2D eigenvalue weighted by Crippen LogP contribution is -2.45. The van der Waals surface area contributed by atoms with Crippen molar-refractivity contribution in [2.24, 2.45) is 5.92 Å². The molecule has 21 heavy (non-hydrogen) atoms. The van der Waals surface area contributed by atoms with E-state index in [2.05, 4.69) is 24.1 Å². The molecule has 1 atom stereocenters. The zero-order valence-electron chi connectivity index (χ0n) is 13.4. The summed E-state index contributed by atoms with van der Waals surface area (Å²) in [5.74, 6) is 0.498. The second-order valence-electron chi connectivity index (χ2n) is 6.34. The van der Waals surface area contributed by atoms with Crippen LogP contribution in [0, 0.1) is 12.8 Å². The number of anilines is 1. The number of hydrogen-bond donors (Lipinski definition) is 2. The van der Waals surface area contributed by atoms with E-state index in [0.717, 1.165) is 18.7 Å². The van der Waals surface area contributed by atoms with Gasteiger partial charge in [0.05, 0.1) is 0 Å². The molecule has 0 aliphatic carbocycles. The zero-order chi connectivity index (χ0) is 15.4. The van der Waals surface area contributed by atoms with Crippen molar-refractivity contribution in [3.8, 4) is 0 Å². The van der Waals surface area contributed by atoms with Crippen LogP contribution in [0.3, 0.4) is 0 Å². The first-order valence-electron chi connectivity index (χ1n) is 7.87. The monoisotopic (exact) mass is 289 g/mol. The van der Waals surface area contributed by atoms with Gasteiger partial charge in [-0.1, -0.05) is 19.9 Å². The fourth-order valence-corrected chi connectivity index (χ4v) is 2.94. The van der Waals surface area contributed by atoms with Gasteiger partial charge in [-0.05, 0) is 56.5 Å². The van der Waals surface area contributed by atoms with Crippen LogP contribution in [0.25, 0.3) is 0 Å². The van der Waals surface area contributed by atoms with Crippen LogP contribution in [0.5, 0.6) is 0 Å². The summed E-state index contributed by atoms with van der Waals surface area (Å²) in [6, 6.07) is 5.90. The van der Waals surface area contributed by atoms with Crippen LogP contribution in [0.15, 0.2) is 18.2 Å². The quantitative estimate of drug-likeness (QED) is 0.819. The summed E-state index contributed by atoms with van der Waals surface area (Å²) in [6.45, 7) is 9.38. The number of likely N-dealkylation sites (tertiary alicyclic amines) is 1. The first kappa shape index (κ1) is 15.8. The van der Waals surface area contributed by atoms with Gasteiger partial charge in [0.1, 0.15) is 0 Å². The van der Waals surface area contributed by atoms with Crippen molar-refractivity contribution in [1.29, 1.82) is 0 Å². The van der Waals surface area contributed by atoms with E-state index < -0.39 is 0 Å². The topological polar surface area (TPSA) is 58.4 Å². The summed E-state index contributed by atoms with van der Waals surface area (Å²) >= 11 is 0. The highest BCUT2D eigenvalue weighted by molar-refractivity contribution is 5.95. The maximum atomic E-state index is 12.3. The zero-order valence-corrected chi connectivity index (χ0v) is 13.4. The van der Waals surface area contributed by atoms with Gasteiger partial charge in [-0.25, -0.2) is 0 Å². The smallest absolute Gasteiger partial charge is 0.251 e. The molecule has 0 saturated carbocycles. The summed E-state index contributed by atoms with van der Waals surface area (Å²) in [4.78, 5) is 14.8. The minimum absolute atomic E-state index is 0.0356. The van der Waals surface area contributed by atoms with E-state index in [1.807, 2.05) is 19.1 Å². The summed E-state index contributed by atoms with van der Waals surface area (Å²) < 4.78 is 0. The molecule has 1 heterocycles. The van der Waals surface area contributed by atoms with Crippen molar-refractivity contribution in [3.63, 3.8) is 0 Å². The molecular weight excluding hydrogens is 262 g/mol. The van der Waals surface area contributed by atoms with Crippen LogP contribution in [0.1, 0.15) is 42.6 Å². The third-order valence-corrected chi connectivity index (χ3v) is 4.39. The maximum absolute atomic E-state index is 12.3. The summed E-state index contributed by atoms with van der Waals surface area (Å²) in [7, 11) is 0. The summed E-state index contributed by atoms with van der Waals surface area (Å²) in [6.07, 6.45) is 2.54. The number of benzene rings is 1. The van der Waals surface area contributed by atoms with Gasteiger partial charge in [0.25, 0.3) is 5.91 Å². The van der Waals surface area contributed by atoms with Crippen LogP contribution in [-0.4, -0.2) is 36.5 Å². The minimum atomic E-state index is -0.0356. The molecule has 4 nitrogen and oxygen atoms in total. The van der Waals surface area contributed by atoms with E-state index in [-0.39, 0.29) is 5.91 Å². The Kier molecular flexibility index (Phi) is 5.23. The Hall–Kier alpha value is -1.55. The number of amides is 1. The number of nitrogens with one attached hydrogen (secondary N) is 1. The molecule has 1 aromatic carbocycles. The van der Waals surface area contributed by atoms with E-state index in [0.29, 0.717) is 29.8 Å². The molecule has 3 N–H and O–H groups in total. The average molecular weight is 289 g/mol. The highest BCUT2D eigenvalue weighted by Gasteiger charge is 2.25. The minimum Gasteiger partial charge on any atom is -0.398 e. The standard InChI is InChI=1S/C17H27N3O/c1-12(2)16(20-8-4-5-9-20)11-19-17(21)14-7-6-13(3)15(18)10-14/h6-7,10,12,16H,4-5,8-9,11,18H2,1-3H3,(H,19,21). The molecule has 0 radical (unpaired) electrons. The summed E-state index contributed by atoms with van der Waals surface area (Å²) in [5.41, 5.74) is 8.19. The van der Waals surface area contributed by atoms with Gasteiger partial charge in [0, 0.05) is 23.8 Å². The highest BCUT2D eigenvalue weighted by atomic mass is 16.1. The Morgan fingerprint density at radius 1 is 1.33 bits per heavy atom. The number of nitrogens with zero attached hydrogens (tertiary/aromatic N) is 1. The Labute approximate surface area is 127 Å². The molecular formula is C17H27N3O. The molecule has 1 saturated heterocycles. The maximum Gasteiger partial charge on any atom is 0.251 e. The molecule has 1 aliphatic rings. The van der Waals surface area contributed by atoms with Crippen molar-refractivity contribution >= 4 is 11.6 Å². The molecule has 1 unspecified atom stereocenters. The van der Waals surface area contributed by atoms with Crippen molar-refractivity contribution < 1.29 is 4.79 Å². The predicted octanol–water partition coefficient (Wildman–Crippen LogP) is 2.43. The van der Waals surface area contributed by atoms with E-state index in [1.165, 1.54) is 12.8 Å². The molecule has 0 spiro atoms. The first-order valence-corrected chi connectivity index (χ1v) is 7.87. The van der Waals surface area contributed by atoms with Gasteiger partial charge in [-0.15, -0.1) is 0 Å². The molecule has 0 aromatic heterocycles. The molecule has 1 amide bonds. The van der Waals surface area contributed by atoms with Crippen LogP contribution in [0.2, 0.25) is 0 Å². The number of nitrogen functional groups attached to an aromatic ring is 1. The number of carbonyl (C=O) groups is 1. The first-order chi connectivity index (χ1) is 9.99. The van der Waals surface area contributed by atoms with E-state index in [1.54, 1.807) is 6.07 Å². The van der Waals surface area contributed by atoms with Gasteiger partial charge in [0.2, 0.25) is 0 Å². The fourth-order valence-electron chi connectivity index (χ4n) is 2.94. The predicted molar refractivity (Wildman–Crippen MR) is 87.4 cm³/mol. The lowest BCUT2D eigenvalue weighted by molar-refractivity contribution is 0.0927. The van der Waals surface area contributed by atoms with Crippen LogP contribution < -0.4 is 11.1 Å². The Morgan fingerprint density at radius 3 is 2.57 bits per heavy atom. The SMILES string of the molecule is Cc1ccc(C(=O)NCC(C(C)C)N2CCCC2)cc1N. The van der Waals surface area contributed by atoms with Gasteiger partial charge in [-0.2, -0.15) is 0 Å². The largest absolute Gasteiger partial charge is 0.398 e. The van der Waals surface area contributed by atoms with Crippen molar-refractivity contribution in [3.05, 3.63) is 29.3 Å². The van der Waals surface area contributed by atoms with Crippen molar-refractivity contribution in [2.75, 3.05) is 25.4 Å². The van der Waals surface area contributed by atoms with E-state index in [9.17, 15) is 4.79 Å². The Morgan fingerprint density at radius 2 is 2.00 bits per heavy atom. The average Bonchev–Trinajstić information content (AvgIpc) is 2.95. The van der Waals surface area contributed by atoms with Crippen molar-refractivity contribution in [2.45, 2.75) is 39.7 Å². The van der Waals surface area contributed by atoms with Crippen LogP contribution in [-0.2, 0) is 0 Å². The van der Waals surface area contributed by atoms with Gasteiger partial charge >= 0.3 is 0 Å². The second-order valence-corrected chi connectivity index (χ2v) is 6.34. The number of carbonyl (C=O) groups excluding carboxylic acids is 1. The highest BCUT2D eigenvalue weighted by Crippen LogP contribution is 2.17. The number of nitrogens with two attached hydrogens (primary N) is 1. The van der Waals surface area contributed by atoms with Gasteiger partial charge in [-0.3, -0.25) is 9.69 Å². The molecule has 2 rings (SSSR count). The molecule has 1 fully saturated rings. The Balaban J connectivity index is 1.96. The third-order valence-electron chi connectivity index (χ3n) is 4.39. The van der Waals surface area contributed by atoms with E-state index in [4.69, 9.17) is 5.73 Å². The normalized spacial score (nSPS) is 17.1. The van der Waals surface area contributed by atoms with Crippen LogP contribution >= 0.6 is 0 Å². The molecule has 4 heteroatoms. The molecule has 1 aliphatic heterocycles. The lowest BCUT2D eigenvalue weighted by Gasteiger charge is -2.31. The molecule has 0 bridgehead atoms. The van der Waals surface area contributed by atoms with Crippen molar-refractivity contribution in [1.82, 2.24) is 10.2 Å². The molecule has 1 aromatic rings.